The molecule has 0 aliphatic rings. The first-order chi connectivity index (χ1) is 11.9. The minimum atomic E-state index is -4.80. The lowest BCUT2D eigenvalue weighted by Crippen LogP contribution is -2.34. The summed E-state index contributed by atoms with van der Waals surface area (Å²) in [6.45, 7) is 1.02. The first-order valence-electron chi connectivity index (χ1n) is 7.28. The zero-order valence-electron chi connectivity index (χ0n) is 13.7. The molecular formula is C15H15F4N3O3S. The molecule has 0 bridgehead atoms. The van der Waals surface area contributed by atoms with Crippen LogP contribution in [-0.2, 0) is 33.6 Å². The molecule has 1 heterocycles. The van der Waals surface area contributed by atoms with Gasteiger partial charge >= 0.3 is 6.18 Å². The van der Waals surface area contributed by atoms with Gasteiger partial charge in [-0.1, -0.05) is 12.1 Å². The zero-order valence-corrected chi connectivity index (χ0v) is 14.5. The van der Waals surface area contributed by atoms with Gasteiger partial charge in [0.15, 0.2) is 9.84 Å². The van der Waals surface area contributed by atoms with E-state index in [9.17, 15) is 30.8 Å². The van der Waals surface area contributed by atoms with Crippen molar-refractivity contribution in [1.29, 1.82) is 0 Å². The Kier molecular flexibility index (Phi) is 5.40. The second-order valence-corrected chi connectivity index (χ2v) is 7.88. The predicted molar refractivity (Wildman–Crippen MR) is 85.3 cm³/mol. The number of para-hydroxylation sites is 1. The topological polar surface area (TPSA) is 81.1 Å². The van der Waals surface area contributed by atoms with Crippen LogP contribution in [0.3, 0.4) is 0 Å². The van der Waals surface area contributed by atoms with Gasteiger partial charge in [-0.3, -0.25) is 9.48 Å². The fourth-order valence-electron chi connectivity index (χ4n) is 2.26. The number of aromatic nitrogens is 2. The van der Waals surface area contributed by atoms with Crippen molar-refractivity contribution >= 4 is 21.4 Å². The van der Waals surface area contributed by atoms with Crippen molar-refractivity contribution in [3.63, 3.8) is 0 Å². The third-order valence-electron chi connectivity index (χ3n) is 3.68. The highest BCUT2D eigenvalue weighted by Gasteiger charge is 2.39. The van der Waals surface area contributed by atoms with Gasteiger partial charge in [-0.25, -0.2) is 12.8 Å². The number of hydrogen-bond donors (Lipinski definition) is 1. The SMILES string of the molecule is CC(C(=O)Nc1ccccc1F)S(=O)(=O)Cc1cnn(C)c1C(F)(F)F. The Labute approximate surface area is 146 Å². The minimum absolute atomic E-state index is 0.225. The molecule has 2 aromatic rings. The number of sulfone groups is 1. The van der Waals surface area contributed by atoms with E-state index < -0.39 is 50.0 Å². The third kappa shape index (κ3) is 4.21. The summed E-state index contributed by atoms with van der Waals surface area (Å²) in [4.78, 5) is 12.1. The van der Waals surface area contributed by atoms with Gasteiger partial charge in [0.1, 0.15) is 16.8 Å². The van der Waals surface area contributed by atoms with Crippen LogP contribution in [0.4, 0.5) is 23.2 Å². The third-order valence-corrected chi connectivity index (χ3v) is 5.68. The zero-order chi connectivity index (χ0) is 19.7. The van der Waals surface area contributed by atoms with Crippen LogP contribution in [0.15, 0.2) is 30.5 Å². The molecule has 2 rings (SSSR count). The maximum atomic E-state index is 13.5. The number of rotatable bonds is 5. The lowest BCUT2D eigenvalue weighted by Gasteiger charge is -2.15. The van der Waals surface area contributed by atoms with E-state index in [0.29, 0.717) is 4.68 Å². The number of alkyl halides is 3. The number of halogens is 4. The van der Waals surface area contributed by atoms with Crippen LogP contribution in [0.25, 0.3) is 0 Å². The quantitative estimate of drug-likeness (QED) is 0.792. The molecule has 11 heteroatoms. The Morgan fingerprint density at radius 3 is 2.50 bits per heavy atom. The van der Waals surface area contributed by atoms with Crippen LogP contribution in [-0.4, -0.2) is 29.4 Å². The maximum absolute atomic E-state index is 13.5. The van der Waals surface area contributed by atoms with Crippen molar-refractivity contribution in [3.05, 3.63) is 47.5 Å². The van der Waals surface area contributed by atoms with Gasteiger partial charge in [0.2, 0.25) is 5.91 Å². The molecule has 142 valence electrons. The van der Waals surface area contributed by atoms with Crippen molar-refractivity contribution in [2.75, 3.05) is 5.32 Å². The molecule has 26 heavy (non-hydrogen) atoms. The lowest BCUT2D eigenvalue weighted by atomic mass is 10.3. The summed E-state index contributed by atoms with van der Waals surface area (Å²) in [5.41, 5.74) is -2.00. The summed E-state index contributed by atoms with van der Waals surface area (Å²) >= 11 is 0. The van der Waals surface area contributed by atoms with E-state index in [1.165, 1.54) is 18.2 Å². The molecule has 0 aliphatic heterocycles. The van der Waals surface area contributed by atoms with Crippen molar-refractivity contribution in [3.8, 4) is 0 Å². The second kappa shape index (κ2) is 7.06. The molecule has 0 fully saturated rings. The van der Waals surface area contributed by atoms with Crippen LogP contribution in [0.2, 0.25) is 0 Å². The molecule has 1 aromatic heterocycles. The van der Waals surface area contributed by atoms with Crippen LogP contribution in [0, 0.1) is 5.82 Å². The van der Waals surface area contributed by atoms with E-state index >= 15 is 0 Å². The van der Waals surface area contributed by atoms with Gasteiger partial charge in [-0.2, -0.15) is 18.3 Å². The first-order valence-corrected chi connectivity index (χ1v) is 9.00. The van der Waals surface area contributed by atoms with E-state index in [2.05, 4.69) is 10.4 Å². The highest BCUT2D eigenvalue weighted by atomic mass is 32.2. The summed E-state index contributed by atoms with van der Waals surface area (Å²) in [6, 6.07) is 5.12. The summed E-state index contributed by atoms with van der Waals surface area (Å²) < 4.78 is 77.9. The highest BCUT2D eigenvalue weighted by molar-refractivity contribution is 7.92. The summed E-state index contributed by atoms with van der Waals surface area (Å²) in [5, 5.41) is 3.86. The molecule has 1 aromatic carbocycles. The fourth-order valence-corrected chi connectivity index (χ4v) is 3.54. The Hall–Kier alpha value is -2.43. The standard InChI is InChI=1S/C15H15F4N3O3S/c1-9(14(23)21-12-6-4-3-5-11(12)16)26(24,25)8-10-7-20-22(2)13(10)15(17,18)19/h3-7,9H,8H2,1-2H3,(H,21,23). The fraction of sp³-hybridized carbons (Fsp3) is 0.333. The average Bonchev–Trinajstić information content (AvgIpc) is 2.88. The van der Waals surface area contributed by atoms with E-state index in [-0.39, 0.29) is 5.69 Å². The van der Waals surface area contributed by atoms with Crippen LogP contribution < -0.4 is 5.32 Å². The molecule has 6 nitrogen and oxygen atoms in total. The molecule has 1 unspecified atom stereocenters. The van der Waals surface area contributed by atoms with Gasteiger partial charge in [0, 0.05) is 12.6 Å². The number of nitrogens with zero attached hydrogens (tertiary/aromatic N) is 2. The summed E-state index contributed by atoms with van der Waals surface area (Å²) in [5.74, 6) is -2.84. The van der Waals surface area contributed by atoms with Gasteiger partial charge in [0.25, 0.3) is 0 Å². The number of aryl methyl sites for hydroxylation is 1. The summed E-state index contributed by atoms with van der Waals surface area (Å²) in [7, 11) is -3.27. The average molecular weight is 393 g/mol. The molecular weight excluding hydrogens is 378 g/mol. The number of amides is 1. The van der Waals surface area contributed by atoms with Gasteiger partial charge in [-0.15, -0.1) is 0 Å². The minimum Gasteiger partial charge on any atom is -0.322 e. The van der Waals surface area contributed by atoms with E-state index in [1.54, 1.807) is 0 Å². The smallest absolute Gasteiger partial charge is 0.322 e. The Morgan fingerprint density at radius 1 is 1.31 bits per heavy atom. The molecule has 0 saturated carbocycles. The highest BCUT2D eigenvalue weighted by Crippen LogP contribution is 2.32. The van der Waals surface area contributed by atoms with Crippen molar-refractivity contribution in [2.45, 2.75) is 24.1 Å². The number of nitrogens with one attached hydrogen (secondary N) is 1. The molecule has 0 saturated heterocycles. The van der Waals surface area contributed by atoms with Gasteiger partial charge < -0.3 is 5.32 Å². The van der Waals surface area contributed by atoms with Crippen LogP contribution >= 0.6 is 0 Å². The lowest BCUT2D eigenvalue weighted by molar-refractivity contribution is -0.144. The van der Waals surface area contributed by atoms with Crippen LogP contribution in [0.1, 0.15) is 18.2 Å². The number of anilines is 1. The van der Waals surface area contributed by atoms with E-state index in [0.717, 1.165) is 26.2 Å². The monoisotopic (exact) mass is 393 g/mol. The van der Waals surface area contributed by atoms with Crippen LogP contribution in [0.5, 0.6) is 0 Å². The summed E-state index contributed by atoms with van der Waals surface area (Å²) in [6.07, 6.45) is -4.00. The first kappa shape index (κ1) is 19.9. The number of hydrogen-bond acceptors (Lipinski definition) is 4. The molecule has 0 spiro atoms. The normalized spacial score (nSPS) is 13.5. The molecule has 0 aliphatic carbocycles. The Morgan fingerprint density at radius 2 is 1.92 bits per heavy atom. The van der Waals surface area contributed by atoms with E-state index in [1.807, 2.05) is 0 Å². The molecule has 1 N–H and O–H groups in total. The number of benzene rings is 1. The number of carbonyl (C=O) groups excluding carboxylic acids is 1. The molecule has 0 radical (unpaired) electrons. The van der Waals surface area contributed by atoms with Gasteiger partial charge in [-0.05, 0) is 19.1 Å². The Balaban J connectivity index is 2.23. The van der Waals surface area contributed by atoms with E-state index in [4.69, 9.17) is 0 Å². The van der Waals surface area contributed by atoms with Crippen molar-refractivity contribution in [1.82, 2.24) is 9.78 Å². The predicted octanol–water partition coefficient (Wildman–Crippen LogP) is 2.52. The Bertz CT molecular complexity index is 922. The van der Waals surface area contributed by atoms with Crippen molar-refractivity contribution < 1.29 is 30.8 Å². The number of carbonyl (C=O) groups is 1. The molecule has 1 amide bonds. The molecule has 1 atom stereocenters. The second-order valence-electron chi connectivity index (χ2n) is 5.56. The van der Waals surface area contributed by atoms with Crippen molar-refractivity contribution in [2.24, 2.45) is 7.05 Å². The maximum Gasteiger partial charge on any atom is 0.433 e. The largest absolute Gasteiger partial charge is 0.433 e. The van der Waals surface area contributed by atoms with Gasteiger partial charge in [0.05, 0.1) is 17.6 Å².